The molecule has 0 radical (unpaired) electrons. The Bertz CT molecular complexity index is 759. The molecule has 1 aliphatic rings. The second kappa shape index (κ2) is 8.86. The molecule has 146 valence electrons. The predicted octanol–water partition coefficient (Wildman–Crippen LogP) is 3.50. The summed E-state index contributed by atoms with van der Waals surface area (Å²) >= 11 is 1.77. The molecule has 0 aliphatic carbocycles. The van der Waals surface area contributed by atoms with Crippen LogP contribution in [0.15, 0.2) is 35.7 Å². The topological polar surface area (TPSA) is 41.6 Å². The van der Waals surface area contributed by atoms with Crippen molar-refractivity contribution < 1.29 is 22.7 Å². The van der Waals surface area contributed by atoms with E-state index in [2.05, 4.69) is 26.4 Å². The number of alkyl halides is 3. The first-order chi connectivity index (χ1) is 12.9. The van der Waals surface area contributed by atoms with Gasteiger partial charge in [0.25, 0.3) is 0 Å². The van der Waals surface area contributed by atoms with Gasteiger partial charge in [0.1, 0.15) is 6.61 Å². The predicted molar refractivity (Wildman–Crippen MR) is 97.3 cm³/mol. The molecule has 2 heterocycles. The fourth-order valence-corrected chi connectivity index (χ4v) is 3.83. The third-order valence-corrected chi connectivity index (χ3v) is 5.32. The number of thiophene rings is 1. The van der Waals surface area contributed by atoms with Crippen molar-refractivity contribution in [1.82, 2.24) is 10.2 Å². The Kier molecular flexibility index (Phi) is 6.51. The summed E-state index contributed by atoms with van der Waals surface area (Å²) in [5.41, 5.74) is 2.86. The average Bonchev–Trinajstić information content (AvgIpc) is 3.08. The third-order valence-electron chi connectivity index (χ3n) is 4.30. The normalized spacial score (nSPS) is 14.8. The number of nitrogens with one attached hydrogen (secondary N) is 1. The van der Waals surface area contributed by atoms with Gasteiger partial charge in [0.05, 0.1) is 13.2 Å². The zero-order valence-electron chi connectivity index (χ0n) is 14.7. The number of hydrogen-bond acceptors (Lipinski definition) is 4. The molecule has 0 spiro atoms. The number of hydrogen-bond donors (Lipinski definition) is 1. The number of carbonyl (C=O) groups excluding carboxylic acids is 1. The Hall–Kier alpha value is -1.90. The lowest BCUT2D eigenvalue weighted by molar-refractivity contribution is -0.176. The second-order valence-corrected chi connectivity index (χ2v) is 7.53. The maximum atomic E-state index is 12.2. The van der Waals surface area contributed by atoms with Gasteiger partial charge in [0.15, 0.2) is 0 Å². The summed E-state index contributed by atoms with van der Waals surface area (Å²) < 4.78 is 40.8. The van der Waals surface area contributed by atoms with Gasteiger partial charge in [-0.15, -0.1) is 11.3 Å². The summed E-state index contributed by atoms with van der Waals surface area (Å²) in [7, 11) is 0. The molecule has 1 aromatic carbocycles. The van der Waals surface area contributed by atoms with Gasteiger partial charge in [0, 0.05) is 24.5 Å². The highest BCUT2D eigenvalue weighted by atomic mass is 32.1. The average molecular weight is 398 g/mol. The molecule has 0 fully saturated rings. The van der Waals surface area contributed by atoms with Crippen LogP contribution in [-0.4, -0.2) is 36.7 Å². The van der Waals surface area contributed by atoms with Crippen LogP contribution < -0.4 is 5.32 Å². The van der Waals surface area contributed by atoms with Crippen molar-refractivity contribution in [3.8, 4) is 0 Å². The quantitative estimate of drug-likeness (QED) is 0.776. The van der Waals surface area contributed by atoms with E-state index in [0.717, 1.165) is 25.1 Å². The molecular weight excluding hydrogens is 377 g/mol. The van der Waals surface area contributed by atoms with Crippen molar-refractivity contribution in [3.63, 3.8) is 0 Å². The SMILES string of the molecule is O=C(CN1CCc2sccc2C1)NCc1ccc(COCC(F)(F)F)cc1. The van der Waals surface area contributed by atoms with E-state index in [1.807, 2.05) is 0 Å². The van der Waals surface area contributed by atoms with Crippen molar-refractivity contribution in [2.45, 2.75) is 32.3 Å². The number of ether oxygens (including phenoxy) is 1. The summed E-state index contributed by atoms with van der Waals surface area (Å²) in [4.78, 5) is 15.7. The van der Waals surface area contributed by atoms with E-state index in [-0.39, 0.29) is 12.5 Å². The molecule has 4 nitrogen and oxygen atoms in total. The minimum absolute atomic E-state index is 0.0359. The van der Waals surface area contributed by atoms with Gasteiger partial charge in [-0.25, -0.2) is 0 Å². The van der Waals surface area contributed by atoms with E-state index in [4.69, 9.17) is 0 Å². The van der Waals surface area contributed by atoms with Crippen LogP contribution in [0.25, 0.3) is 0 Å². The van der Waals surface area contributed by atoms with Gasteiger partial charge >= 0.3 is 6.18 Å². The Morgan fingerprint density at radius 2 is 1.93 bits per heavy atom. The summed E-state index contributed by atoms with van der Waals surface area (Å²) in [6.07, 6.45) is -3.33. The molecular formula is C19H21F3N2O2S. The van der Waals surface area contributed by atoms with Crippen LogP contribution in [0.2, 0.25) is 0 Å². The lowest BCUT2D eigenvalue weighted by Crippen LogP contribution is -2.39. The number of rotatable bonds is 7. The molecule has 27 heavy (non-hydrogen) atoms. The van der Waals surface area contributed by atoms with E-state index in [1.54, 1.807) is 35.6 Å². The molecule has 0 saturated heterocycles. The molecule has 1 amide bonds. The fraction of sp³-hybridized carbons (Fsp3) is 0.421. The highest BCUT2D eigenvalue weighted by Gasteiger charge is 2.27. The molecule has 3 rings (SSSR count). The third kappa shape index (κ3) is 6.34. The van der Waals surface area contributed by atoms with Crippen molar-refractivity contribution in [2.24, 2.45) is 0 Å². The zero-order chi connectivity index (χ0) is 19.3. The minimum atomic E-state index is -4.32. The van der Waals surface area contributed by atoms with Gasteiger partial charge in [0.2, 0.25) is 5.91 Å². The molecule has 0 saturated carbocycles. The zero-order valence-corrected chi connectivity index (χ0v) is 15.5. The fourth-order valence-electron chi connectivity index (χ4n) is 2.94. The Morgan fingerprint density at radius 3 is 2.67 bits per heavy atom. The van der Waals surface area contributed by atoms with Crippen LogP contribution in [0.5, 0.6) is 0 Å². The largest absolute Gasteiger partial charge is 0.411 e. The van der Waals surface area contributed by atoms with Crippen LogP contribution in [0.3, 0.4) is 0 Å². The minimum Gasteiger partial charge on any atom is -0.367 e. The summed E-state index contributed by atoms with van der Waals surface area (Å²) in [5.74, 6) is -0.0359. The van der Waals surface area contributed by atoms with Crippen molar-refractivity contribution in [3.05, 3.63) is 57.3 Å². The van der Waals surface area contributed by atoms with Gasteiger partial charge in [-0.2, -0.15) is 13.2 Å². The number of nitrogens with zero attached hydrogens (tertiary/aromatic N) is 1. The Morgan fingerprint density at radius 1 is 1.19 bits per heavy atom. The molecule has 1 N–H and O–H groups in total. The summed E-state index contributed by atoms with van der Waals surface area (Å²) in [6.45, 7) is 1.09. The van der Waals surface area contributed by atoms with Gasteiger partial charge < -0.3 is 10.1 Å². The molecule has 0 bridgehead atoms. The van der Waals surface area contributed by atoms with E-state index < -0.39 is 12.8 Å². The van der Waals surface area contributed by atoms with Crippen LogP contribution in [0.1, 0.15) is 21.6 Å². The Balaban J connectivity index is 1.39. The lowest BCUT2D eigenvalue weighted by Gasteiger charge is -2.26. The standard InChI is InChI=1S/C19H21F3N2O2S/c20-19(21,22)13-26-12-15-3-1-14(2-4-15)9-23-18(25)11-24-7-5-17-16(10-24)6-8-27-17/h1-4,6,8H,5,7,9-13H2,(H,23,25). The van der Waals surface area contributed by atoms with E-state index in [0.29, 0.717) is 18.7 Å². The first kappa shape index (κ1) is 19.9. The summed E-state index contributed by atoms with van der Waals surface area (Å²) in [6, 6.07) is 9.10. The van der Waals surface area contributed by atoms with Crippen LogP contribution in [0.4, 0.5) is 13.2 Å². The monoisotopic (exact) mass is 398 g/mol. The lowest BCUT2D eigenvalue weighted by atomic mass is 10.1. The number of carbonyl (C=O) groups is 1. The number of amides is 1. The van der Waals surface area contributed by atoms with Crippen LogP contribution in [-0.2, 0) is 35.6 Å². The van der Waals surface area contributed by atoms with Gasteiger partial charge in [-0.1, -0.05) is 24.3 Å². The highest BCUT2D eigenvalue weighted by Crippen LogP contribution is 2.23. The molecule has 8 heteroatoms. The van der Waals surface area contributed by atoms with Crippen molar-refractivity contribution in [2.75, 3.05) is 19.7 Å². The van der Waals surface area contributed by atoms with E-state index >= 15 is 0 Å². The number of benzene rings is 1. The molecule has 2 aromatic rings. The number of halogens is 3. The van der Waals surface area contributed by atoms with Gasteiger partial charge in [-0.05, 0) is 34.6 Å². The summed E-state index contributed by atoms with van der Waals surface area (Å²) in [5, 5.41) is 4.98. The molecule has 0 unspecified atom stereocenters. The molecule has 1 aliphatic heterocycles. The number of fused-ring (bicyclic) bond motifs is 1. The van der Waals surface area contributed by atoms with Gasteiger partial charge in [-0.3, -0.25) is 9.69 Å². The smallest absolute Gasteiger partial charge is 0.367 e. The van der Waals surface area contributed by atoms with Crippen molar-refractivity contribution >= 4 is 17.2 Å². The Labute approximate surface area is 159 Å². The maximum absolute atomic E-state index is 12.2. The van der Waals surface area contributed by atoms with E-state index in [9.17, 15) is 18.0 Å². The molecule has 0 atom stereocenters. The van der Waals surface area contributed by atoms with Crippen LogP contribution >= 0.6 is 11.3 Å². The maximum Gasteiger partial charge on any atom is 0.411 e. The van der Waals surface area contributed by atoms with Crippen molar-refractivity contribution in [1.29, 1.82) is 0 Å². The first-order valence-corrected chi connectivity index (χ1v) is 9.53. The first-order valence-electron chi connectivity index (χ1n) is 8.66. The highest BCUT2D eigenvalue weighted by molar-refractivity contribution is 7.10. The molecule has 1 aromatic heterocycles. The van der Waals surface area contributed by atoms with E-state index in [1.165, 1.54) is 10.4 Å². The van der Waals surface area contributed by atoms with Crippen LogP contribution in [0, 0.1) is 0 Å². The second-order valence-electron chi connectivity index (χ2n) is 6.53.